The molecule has 1 saturated carbocycles. The number of aryl methyl sites for hydroxylation is 1. The van der Waals surface area contributed by atoms with E-state index in [1.54, 1.807) is 31.2 Å². The Morgan fingerprint density at radius 1 is 0.907 bits per heavy atom. The lowest BCUT2D eigenvalue weighted by molar-refractivity contribution is -0.139. The topological polar surface area (TPSA) is 93.2 Å². The van der Waals surface area contributed by atoms with E-state index in [2.05, 4.69) is 0 Å². The average Bonchev–Trinajstić information content (AvgIpc) is 3.55. The van der Waals surface area contributed by atoms with Crippen LogP contribution in [0.25, 0.3) is 0 Å². The molecule has 14 heteroatoms. The third-order valence-electron chi connectivity index (χ3n) is 8.45. The molecule has 0 N–H and O–H groups in total. The zero-order valence-corrected chi connectivity index (χ0v) is 27.0. The number of carbonyl (C=O) groups is 4. The van der Waals surface area contributed by atoms with Gasteiger partial charge in [-0.2, -0.15) is 0 Å². The molecule has 6 rings (SSSR count). The highest BCUT2D eigenvalue weighted by Crippen LogP contribution is 2.77. The zero-order valence-electron chi connectivity index (χ0n) is 22.5. The summed E-state index contributed by atoms with van der Waals surface area (Å²) in [5.41, 5.74) is 1.32. The maximum absolute atomic E-state index is 13.7. The molecule has 2 saturated heterocycles. The van der Waals surface area contributed by atoms with Gasteiger partial charge < -0.3 is 14.4 Å². The molecule has 8 nitrogen and oxygen atoms in total. The molecule has 0 unspecified atom stereocenters. The standard InChI is InChI=1S/C29H22Cl6N2O6/c1-3-42-16-6-4-15(5-7-16)36-12-14(11-19(36)38)26(41)43-17-8-9-18(13(2)10-17)37-24(39)20-21(25(37)40)28(33)23(31)22(30)27(20,32)29(28,34)35/h4-10,14,20-21H,3,11-12H2,1-2H3/t14-,20+,21+,27-,28-/m1/s1. The second kappa shape index (κ2) is 10.4. The molecule has 3 amide bonds. The minimum Gasteiger partial charge on any atom is -0.494 e. The third-order valence-corrected chi connectivity index (χ3v) is 12.7. The molecule has 4 aliphatic rings. The largest absolute Gasteiger partial charge is 0.494 e. The third kappa shape index (κ3) is 4.10. The van der Waals surface area contributed by atoms with E-state index in [1.165, 1.54) is 23.1 Å². The summed E-state index contributed by atoms with van der Waals surface area (Å²) in [6.45, 7) is 4.20. The Labute approximate surface area is 276 Å². The molecule has 0 aromatic heterocycles. The number of carbonyl (C=O) groups excluding carboxylic acids is 4. The first-order valence-electron chi connectivity index (χ1n) is 13.2. The molecule has 5 atom stereocenters. The van der Waals surface area contributed by atoms with Crippen LogP contribution in [0.3, 0.4) is 0 Å². The molecule has 0 radical (unpaired) electrons. The van der Waals surface area contributed by atoms with E-state index in [4.69, 9.17) is 79.1 Å². The predicted molar refractivity (Wildman–Crippen MR) is 165 cm³/mol. The summed E-state index contributed by atoms with van der Waals surface area (Å²) in [6.07, 6.45) is -0.00912. The van der Waals surface area contributed by atoms with Crippen molar-refractivity contribution in [1.82, 2.24) is 0 Å². The lowest BCUT2D eigenvalue weighted by atomic mass is 9.84. The fourth-order valence-electron chi connectivity index (χ4n) is 6.38. The molecule has 2 aromatic rings. The normalized spacial score (nSPS) is 30.9. The van der Waals surface area contributed by atoms with E-state index in [0.29, 0.717) is 23.6 Å². The van der Waals surface area contributed by atoms with Gasteiger partial charge in [-0.3, -0.25) is 19.2 Å². The van der Waals surface area contributed by atoms with Gasteiger partial charge in [0, 0.05) is 18.7 Å². The van der Waals surface area contributed by atoms with Crippen LogP contribution >= 0.6 is 69.6 Å². The van der Waals surface area contributed by atoms with Gasteiger partial charge in [0.1, 0.15) is 21.2 Å². The monoisotopic (exact) mass is 704 g/mol. The summed E-state index contributed by atoms with van der Waals surface area (Å²) in [5.74, 6) is -4.53. The van der Waals surface area contributed by atoms with Crippen molar-refractivity contribution in [2.45, 2.75) is 34.3 Å². The van der Waals surface area contributed by atoms with Gasteiger partial charge in [-0.15, -0.1) is 23.2 Å². The SMILES string of the molecule is CCOc1ccc(N2C[C@H](C(=O)Oc3ccc(N4C(=O)[C@@H]5[C@@H](C4=O)[C@@]4(Cl)C(Cl)=C(Cl)[C@@]5(Cl)C4(Cl)Cl)c(C)c3)CC2=O)cc1. The number of esters is 1. The van der Waals surface area contributed by atoms with E-state index in [1.807, 2.05) is 6.92 Å². The summed E-state index contributed by atoms with van der Waals surface area (Å²) < 4.78 is 9.01. The summed E-state index contributed by atoms with van der Waals surface area (Å²) in [6, 6.07) is 11.5. The van der Waals surface area contributed by atoms with E-state index in [0.717, 1.165) is 4.90 Å². The first-order chi connectivity index (χ1) is 20.2. The predicted octanol–water partition coefficient (Wildman–Crippen LogP) is 6.30. The van der Waals surface area contributed by atoms with Crippen LogP contribution in [0.1, 0.15) is 18.9 Å². The first-order valence-corrected chi connectivity index (χ1v) is 15.5. The number of ether oxygens (including phenoxy) is 2. The number of benzene rings is 2. The van der Waals surface area contributed by atoms with Crippen LogP contribution in [0, 0.1) is 24.7 Å². The van der Waals surface area contributed by atoms with Gasteiger partial charge in [0.25, 0.3) is 0 Å². The molecule has 2 heterocycles. The summed E-state index contributed by atoms with van der Waals surface area (Å²) in [7, 11) is 0. The number of hydrogen-bond donors (Lipinski definition) is 0. The van der Waals surface area contributed by atoms with Crippen LogP contribution in [0.5, 0.6) is 11.5 Å². The Balaban J connectivity index is 1.18. The molecule has 3 fully saturated rings. The Kier molecular flexibility index (Phi) is 7.47. The molecule has 226 valence electrons. The fourth-order valence-corrected chi connectivity index (χ4v) is 9.31. The number of allylic oxidation sites excluding steroid dienone is 2. The van der Waals surface area contributed by atoms with E-state index in [9.17, 15) is 19.2 Å². The van der Waals surface area contributed by atoms with Gasteiger partial charge in [-0.1, -0.05) is 46.4 Å². The van der Waals surface area contributed by atoms with Crippen LogP contribution in [0.2, 0.25) is 0 Å². The highest BCUT2D eigenvalue weighted by molar-refractivity contribution is 6.67. The summed E-state index contributed by atoms with van der Waals surface area (Å²) in [4.78, 5) is 51.7. The van der Waals surface area contributed by atoms with Gasteiger partial charge in [-0.25, -0.2) is 4.90 Å². The lowest BCUT2D eigenvalue weighted by Crippen LogP contribution is -2.50. The Morgan fingerprint density at radius 3 is 2.00 bits per heavy atom. The number of anilines is 2. The quantitative estimate of drug-likeness (QED) is 0.152. The molecule has 43 heavy (non-hydrogen) atoms. The van der Waals surface area contributed by atoms with Crippen molar-refractivity contribution in [2.75, 3.05) is 23.0 Å². The van der Waals surface area contributed by atoms with Crippen molar-refractivity contribution in [3.63, 3.8) is 0 Å². The van der Waals surface area contributed by atoms with Gasteiger partial charge in [0.15, 0.2) is 4.33 Å². The molecular formula is C29H22Cl6N2O6. The van der Waals surface area contributed by atoms with Crippen LogP contribution < -0.4 is 19.3 Å². The second-order valence-corrected chi connectivity index (χ2v) is 14.1. The van der Waals surface area contributed by atoms with Gasteiger partial charge in [0.05, 0.1) is 40.1 Å². The van der Waals surface area contributed by atoms with Gasteiger partial charge in [0.2, 0.25) is 17.7 Å². The van der Waals surface area contributed by atoms with E-state index >= 15 is 0 Å². The molecule has 2 aliphatic heterocycles. The molecule has 2 aliphatic carbocycles. The maximum Gasteiger partial charge on any atom is 0.316 e. The minimum atomic E-state index is -2.03. The molecule has 2 bridgehead atoms. The van der Waals surface area contributed by atoms with Crippen molar-refractivity contribution >= 4 is 105 Å². The number of nitrogens with zero attached hydrogens (tertiary/aromatic N) is 2. The summed E-state index contributed by atoms with van der Waals surface area (Å²) >= 11 is 39.4. The fraction of sp³-hybridized carbons (Fsp3) is 0.379. The lowest BCUT2D eigenvalue weighted by Gasteiger charge is -2.34. The van der Waals surface area contributed by atoms with Gasteiger partial charge in [-0.05, 0) is 61.9 Å². The number of rotatable bonds is 6. The number of fused-ring (bicyclic) bond motifs is 5. The zero-order chi connectivity index (χ0) is 31.2. The number of halogens is 6. The average molecular weight is 707 g/mol. The number of imide groups is 1. The molecule has 2 aromatic carbocycles. The van der Waals surface area contributed by atoms with Crippen molar-refractivity contribution in [3.8, 4) is 11.5 Å². The van der Waals surface area contributed by atoms with E-state index < -0.39 is 49.6 Å². The molecule has 0 spiro atoms. The maximum atomic E-state index is 13.7. The number of amides is 3. The van der Waals surface area contributed by atoms with E-state index in [-0.39, 0.29) is 40.4 Å². The van der Waals surface area contributed by atoms with Crippen molar-refractivity contribution < 1.29 is 28.7 Å². The summed E-state index contributed by atoms with van der Waals surface area (Å²) in [5, 5.41) is -0.351. The Bertz CT molecular complexity index is 1580. The first kappa shape index (κ1) is 30.8. The smallest absolute Gasteiger partial charge is 0.316 e. The van der Waals surface area contributed by atoms with Crippen LogP contribution in [-0.4, -0.2) is 50.9 Å². The van der Waals surface area contributed by atoms with Crippen molar-refractivity contribution in [2.24, 2.45) is 17.8 Å². The van der Waals surface area contributed by atoms with Crippen molar-refractivity contribution in [3.05, 3.63) is 58.1 Å². The Hall–Kier alpha value is -2.20. The van der Waals surface area contributed by atoms with Crippen LogP contribution in [-0.2, 0) is 19.2 Å². The number of hydrogen-bond acceptors (Lipinski definition) is 6. The highest BCUT2D eigenvalue weighted by Gasteiger charge is 2.87. The second-order valence-electron chi connectivity index (χ2n) is 10.8. The Morgan fingerprint density at radius 2 is 1.47 bits per heavy atom. The van der Waals surface area contributed by atoms with Crippen molar-refractivity contribution in [1.29, 1.82) is 0 Å². The van der Waals surface area contributed by atoms with Gasteiger partial charge >= 0.3 is 5.97 Å². The van der Waals surface area contributed by atoms with Crippen LogP contribution in [0.15, 0.2) is 52.5 Å². The molecular weight excluding hydrogens is 685 g/mol. The number of alkyl halides is 4. The highest BCUT2D eigenvalue weighted by atomic mass is 35.5. The van der Waals surface area contributed by atoms with Crippen LogP contribution in [0.4, 0.5) is 11.4 Å². The minimum absolute atomic E-state index is 0.00912.